The molecular formula is C13H17BrN2O. The number of nitrogens with one attached hydrogen (secondary N) is 1. The van der Waals surface area contributed by atoms with Gasteiger partial charge in [0.25, 0.3) is 0 Å². The molecule has 4 heteroatoms. The first-order valence-electron chi connectivity index (χ1n) is 5.99. The van der Waals surface area contributed by atoms with Crippen LogP contribution in [0.5, 0.6) is 0 Å². The van der Waals surface area contributed by atoms with Crippen LogP contribution < -0.4 is 5.32 Å². The predicted molar refractivity (Wildman–Crippen MR) is 73.0 cm³/mol. The molecule has 0 spiro atoms. The van der Waals surface area contributed by atoms with E-state index in [1.807, 2.05) is 36.1 Å². The summed E-state index contributed by atoms with van der Waals surface area (Å²) in [4.78, 5) is 13.9. The van der Waals surface area contributed by atoms with E-state index < -0.39 is 0 Å². The number of anilines is 1. The van der Waals surface area contributed by atoms with Crippen molar-refractivity contribution >= 4 is 27.5 Å². The zero-order valence-corrected chi connectivity index (χ0v) is 11.5. The number of hydrogen-bond acceptors (Lipinski definition) is 2. The van der Waals surface area contributed by atoms with Crippen LogP contribution >= 0.6 is 15.9 Å². The van der Waals surface area contributed by atoms with Gasteiger partial charge in [0.15, 0.2) is 0 Å². The monoisotopic (exact) mass is 296 g/mol. The van der Waals surface area contributed by atoms with Crippen LogP contribution in [0.1, 0.15) is 19.8 Å². The second kappa shape index (κ2) is 5.54. The molecule has 1 aliphatic rings. The average Bonchev–Trinajstić information content (AvgIpc) is 3.14. The maximum absolute atomic E-state index is 12.0. The number of carbonyl (C=O) groups excluding carboxylic acids is 1. The molecule has 0 radical (unpaired) electrons. The van der Waals surface area contributed by atoms with Gasteiger partial charge in [-0.25, -0.2) is 0 Å². The molecule has 92 valence electrons. The minimum absolute atomic E-state index is 0.193. The molecule has 1 aromatic rings. The highest BCUT2D eigenvalue weighted by atomic mass is 79.9. The Balaban J connectivity index is 1.84. The number of carbonyl (C=O) groups is 1. The smallest absolute Gasteiger partial charge is 0.242 e. The van der Waals surface area contributed by atoms with Crippen molar-refractivity contribution < 1.29 is 4.79 Å². The van der Waals surface area contributed by atoms with Gasteiger partial charge in [0.1, 0.15) is 0 Å². The van der Waals surface area contributed by atoms with Gasteiger partial charge in [-0.2, -0.15) is 0 Å². The Hall–Kier alpha value is -1.03. The molecule has 0 saturated heterocycles. The molecule has 1 fully saturated rings. The molecule has 0 unspecified atom stereocenters. The van der Waals surface area contributed by atoms with E-state index in [9.17, 15) is 4.79 Å². The Kier molecular flexibility index (Phi) is 4.05. The lowest BCUT2D eigenvalue weighted by molar-refractivity contribution is -0.129. The van der Waals surface area contributed by atoms with Gasteiger partial charge < -0.3 is 10.2 Å². The lowest BCUT2D eigenvalue weighted by Crippen LogP contribution is -2.37. The Morgan fingerprint density at radius 2 is 2.06 bits per heavy atom. The Morgan fingerprint density at radius 3 is 2.59 bits per heavy atom. The molecule has 0 atom stereocenters. The van der Waals surface area contributed by atoms with Crippen LogP contribution in [0.25, 0.3) is 0 Å². The maximum Gasteiger partial charge on any atom is 0.242 e. The first-order valence-corrected chi connectivity index (χ1v) is 6.79. The second-order valence-electron chi connectivity index (χ2n) is 4.27. The number of rotatable bonds is 5. The molecule has 0 heterocycles. The van der Waals surface area contributed by atoms with Gasteiger partial charge >= 0.3 is 0 Å². The summed E-state index contributed by atoms with van der Waals surface area (Å²) < 4.78 is 1.04. The van der Waals surface area contributed by atoms with Crippen LogP contribution in [0.3, 0.4) is 0 Å². The van der Waals surface area contributed by atoms with Gasteiger partial charge in [-0.1, -0.05) is 15.9 Å². The molecule has 1 N–H and O–H groups in total. The van der Waals surface area contributed by atoms with Crippen LogP contribution in [0.2, 0.25) is 0 Å². The van der Waals surface area contributed by atoms with Crippen LogP contribution in [0.15, 0.2) is 28.7 Å². The Bertz CT molecular complexity index is 387. The van der Waals surface area contributed by atoms with Crippen LogP contribution in [-0.2, 0) is 4.79 Å². The van der Waals surface area contributed by atoms with Crippen molar-refractivity contribution in [3.05, 3.63) is 28.7 Å². The summed E-state index contributed by atoms with van der Waals surface area (Å²) in [7, 11) is 0. The SMILES string of the molecule is CCN(C(=O)CNc1ccc(Br)cc1)C1CC1. The van der Waals surface area contributed by atoms with Gasteiger partial charge in [0.05, 0.1) is 6.54 Å². The first-order chi connectivity index (χ1) is 8.20. The summed E-state index contributed by atoms with van der Waals surface area (Å²) in [5, 5.41) is 3.16. The Morgan fingerprint density at radius 1 is 1.41 bits per heavy atom. The number of amides is 1. The summed E-state index contributed by atoms with van der Waals surface area (Å²) >= 11 is 3.38. The molecule has 0 aromatic heterocycles. The first kappa shape index (κ1) is 12.4. The predicted octanol–water partition coefficient (Wildman–Crippen LogP) is 2.87. The number of halogens is 1. The van der Waals surface area contributed by atoms with E-state index in [2.05, 4.69) is 21.2 Å². The number of hydrogen-bond donors (Lipinski definition) is 1. The summed E-state index contributed by atoms with van der Waals surface area (Å²) in [6.07, 6.45) is 2.33. The molecular weight excluding hydrogens is 280 g/mol. The molecule has 2 rings (SSSR count). The van der Waals surface area contributed by atoms with E-state index >= 15 is 0 Å². The highest BCUT2D eigenvalue weighted by molar-refractivity contribution is 9.10. The van der Waals surface area contributed by atoms with Gasteiger partial charge in [-0.3, -0.25) is 4.79 Å². The highest BCUT2D eigenvalue weighted by Crippen LogP contribution is 2.26. The fourth-order valence-corrected chi connectivity index (χ4v) is 2.14. The van der Waals surface area contributed by atoms with Crippen molar-refractivity contribution in [1.29, 1.82) is 0 Å². The van der Waals surface area contributed by atoms with E-state index in [1.54, 1.807) is 0 Å². The minimum Gasteiger partial charge on any atom is -0.376 e. The van der Waals surface area contributed by atoms with Crippen LogP contribution in [-0.4, -0.2) is 29.9 Å². The molecule has 17 heavy (non-hydrogen) atoms. The minimum atomic E-state index is 0.193. The fraction of sp³-hybridized carbons (Fsp3) is 0.462. The normalized spacial score (nSPS) is 14.5. The fourth-order valence-electron chi connectivity index (χ4n) is 1.87. The van der Waals surface area contributed by atoms with Crippen molar-refractivity contribution in [3.63, 3.8) is 0 Å². The van der Waals surface area contributed by atoms with Gasteiger partial charge in [-0.15, -0.1) is 0 Å². The molecule has 0 bridgehead atoms. The van der Waals surface area contributed by atoms with Crippen LogP contribution in [0, 0.1) is 0 Å². The number of nitrogens with zero attached hydrogens (tertiary/aromatic N) is 1. The van der Waals surface area contributed by atoms with Crippen molar-refractivity contribution in [1.82, 2.24) is 4.90 Å². The zero-order chi connectivity index (χ0) is 12.3. The zero-order valence-electron chi connectivity index (χ0n) is 9.95. The van der Waals surface area contributed by atoms with E-state index in [-0.39, 0.29) is 5.91 Å². The number of likely N-dealkylation sites (N-methyl/N-ethyl adjacent to an activating group) is 1. The summed E-state index contributed by atoms with van der Waals surface area (Å²) in [6.45, 7) is 3.23. The summed E-state index contributed by atoms with van der Waals surface area (Å²) in [5.41, 5.74) is 0.980. The molecule has 0 aliphatic heterocycles. The lowest BCUT2D eigenvalue weighted by atomic mass is 10.3. The molecule has 1 aliphatic carbocycles. The molecule has 1 amide bonds. The van der Waals surface area contributed by atoms with Gasteiger partial charge in [0.2, 0.25) is 5.91 Å². The standard InChI is InChI=1S/C13H17BrN2O/c1-2-16(12-7-8-12)13(17)9-15-11-5-3-10(14)4-6-11/h3-6,12,15H,2,7-9H2,1H3. The average molecular weight is 297 g/mol. The van der Waals surface area contributed by atoms with E-state index in [1.165, 1.54) is 0 Å². The molecule has 1 saturated carbocycles. The largest absolute Gasteiger partial charge is 0.376 e. The number of benzene rings is 1. The van der Waals surface area contributed by atoms with Gasteiger partial charge in [-0.05, 0) is 44.0 Å². The van der Waals surface area contributed by atoms with Crippen molar-refractivity contribution in [3.8, 4) is 0 Å². The maximum atomic E-state index is 12.0. The van der Waals surface area contributed by atoms with Crippen molar-refractivity contribution in [2.24, 2.45) is 0 Å². The highest BCUT2D eigenvalue weighted by Gasteiger charge is 2.30. The van der Waals surface area contributed by atoms with Crippen LogP contribution in [0.4, 0.5) is 5.69 Å². The molecule has 1 aromatic carbocycles. The van der Waals surface area contributed by atoms with Crippen molar-refractivity contribution in [2.45, 2.75) is 25.8 Å². The Labute approximate surface area is 110 Å². The van der Waals surface area contributed by atoms with Crippen molar-refractivity contribution in [2.75, 3.05) is 18.4 Å². The van der Waals surface area contributed by atoms with E-state index in [0.717, 1.165) is 29.5 Å². The second-order valence-corrected chi connectivity index (χ2v) is 5.19. The quantitative estimate of drug-likeness (QED) is 0.906. The van der Waals surface area contributed by atoms with Gasteiger partial charge in [0, 0.05) is 22.7 Å². The third-order valence-electron chi connectivity index (χ3n) is 2.94. The topological polar surface area (TPSA) is 32.3 Å². The third kappa shape index (κ3) is 3.46. The third-order valence-corrected chi connectivity index (χ3v) is 3.47. The van der Waals surface area contributed by atoms with E-state index in [4.69, 9.17) is 0 Å². The lowest BCUT2D eigenvalue weighted by Gasteiger charge is -2.20. The summed E-state index contributed by atoms with van der Waals surface area (Å²) in [6, 6.07) is 8.35. The summed E-state index contributed by atoms with van der Waals surface area (Å²) in [5.74, 6) is 0.193. The van der Waals surface area contributed by atoms with E-state index in [0.29, 0.717) is 12.6 Å². The molecule has 3 nitrogen and oxygen atoms in total.